The number of hydrogen-bond donors (Lipinski definition) is 1. The van der Waals surface area contributed by atoms with Gasteiger partial charge in [0.15, 0.2) is 0 Å². The summed E-state index contributed by atoms with van der Waals surface area (Å²) in [6, 6.07) is 4.68. The van der Waals surface area contributed by atoms with Gasteiger partial charge in [-0.05, 0) is 18.2 Å². The van der Waals surface area contributed by atoms with Crippen molar-refractivity contribution in [2.24, 2.45) is 7.05 Å². The molecule has 1 aromatic heterocycles. The number of fused-ring (bicyclic) bond motifs is 1. The number of halogens is 1. The maximum absolute atomic E-state index is 10.7. The van der Waals surface area contributed by atoms with Gasteiger partial charge >= 0.3 is 5.97 Å². The number of carboxylic acids is 1. The Hall–Kier alpha value is -1.55. The molecule has 0 radical (unpaired) electrons. The lowest BCUT2D eigenvalue weighted by molar-refractivity contribution is 0.0697. The Bertz CT molecular complexity index is 519. The average molecular weight is 211 g/mol. The molecule has 0 aliphatic heterocycles. The van der Waals surface area contributed by atoms with Crippen LogP contribution in [0.1, 0.15) is 10.4 Å². The zero-order valence-corrected chi connectivity index (χ0v) is 8.12. The Kier molecular flexibility index (Phi) is 1.93. The number of rotatable bonds is 1. The minimum absolute atomic E-state index is 0.215. The van der Waals surface area contributed by atoms with Crippen LogP contribution in [0.2, 0.25) is 5.15 Å². The first kappa shape index (κ1) is 9.02. The van der Waals surface area contributed by atoms with Crippen LogP contribution in [0.3, 0.4) is 0 Å². The van der Waals surface area contributed by atoms with Crippen LogP contribution >= 0.6 is 11.6 Å². The molecular formula is C9H7ClN2O2. The quantitative estimate of drug-likeness (QED) is 0.783. The zero-order valence-electron chi connectivity index (χ0n) is 7.36. The number of aryl methyl sites for hydroxylation is 1. The number of hydrogen-bond acceptors (Lipinski definition) is 2. The smallest absolute Gasteiger partial charge is 0.335 e. The molecule has 2 rings (SSSR count). The lowest BCUT2D eigenvalue weighted by Gasteiger charge is -1.92. The summed E-state index contributed by atoms with van der Waals surface area (Å²) in [5, 5.41) is 14.1. The lowest BCUT2D eigenvalue weighted by atomic mass is 10.2. The van der Waals surface area contributed by atoms with E-state index in [1.165, 1.54) is 16.8 Å². The number of aromatic nitrogens is 2. The van der Waals surface area contributed by atoms with Crippen LogP contribution in [0.4, 0.5) is 0 Å². The van der Waals surface area contributed by atoms with Gasteiger partial charge in [0.2, 0.25) is 0 Å². The molecule has 5 heteroatoms. The van der Waals surface area contributed by atoms with Crippen LogP contribution in [-0.2, 0) is 7.05 Å². The van der Waals surface area contributed by atoms with E-state index in [0.717, 1.165) is 5.39 Å². The molecule has 0 fully saturated rings. The third kappa shape index (κ3) is 1.24. The van der Waals surface area contributed by atoms with Crippen molar-refractivity contribution in [2.75, 3.05) is 0 Å². The molecule has 0 aliphatic rings. The summed E-state index contributed by atoms with van der Waals surface area (Å²) in [5.41, 5.74) is 0.810. The summed E-state index contributed by atoms with van der Waals surface area (Å²) in [6.07, 6.45) is 0. The topological polar surface area (TPSA) is 55.1 Å². The van der Waals surface area contributed by atoms with Crippen LogP contribution in [0.15, 0.2) is 18.2 Å². The highest BCUT2D eigenvalue weighted by molar-refractivity contribution is 6.34. The van der Waals surface area contributed by atoms with Crippen molar-refractivity contribution in [3.63, 3.8) is 0 Å². The normalized spacial score (nSPS) is 10.7. The van der Waals surface area contributed by atoms with Gasteiger partial charge in [-0.15, -0.1) is 0 Å². The highest BCUT2D eigenvalue weighted by Gasteiger charge is 2.09. The highest BCUT2D eigenvalue weighted by atomic mass is 35.5. The van der Waals surface area contributed by atoms with E-state index in [9.17, 15) is 4.79 Å². The van der Waals surface area contributed by atoms with E-state index in [4.69, 9.17) is 16.7 Å². The Labute approximate surface area is 84.7 Å². The number of nitrogens with zero attached hydrogens (tertiary/aromatic N) is 2. The third-order valence-corrected chi connectivity index (χ3v) is 2.46. The summed E-state index contributed by atoms with van der Waals surface area (Å²) < 4.78 is 1.51. The van der Waals surface area contributed by atoms with E-state index >= 15 is 0 Å². The molecule has 14 heavy (non-hydrogen) atoms. The molecule has 0 spiro atoms. The van der Waals surface area contributed by atoms with E-state index in [-0.39, 0.29) is 5.56 Å². The predicted octanol–water partition coefficient (Wildman–Crippen LogP) is 1.92. The second-order valence-corrected chi connectivity index (χ2v) is 3.31. The minimum Gasteiger partial charge on any atom is -0.478 e. The molecule has 72 valence electrons. The van der Waals surface area contributed by atoms with Crippen LogP contribution in [0.25, 0.3) is 10.9 Å². The van der Waals surface area contributed by atoms with Gasteiger partial charge in [-0.25, -0.2) is 4.79 Å². The van der Waals surface area contributed by atoms with Gasteiger partial charge in [0.1, 0.15) is 5.15 Å². The van der Waals surface area contributed by atoms with Crippen molar-refractivity contribution in [1.82, 2.24) is 9.78 Å². The summed E-state index contributed by atoms with van der Waals surface area (Å²) >= 11 is 5.93. The molecule has 1 heterocycles. The van der Waals surface area contributed by atoms with E-state index in [1.54, 1.807) is 13.1 Å². The molecule has 4 nitrogen and oxygen atoms in total. The van der Waals surface area contributed by atoms with Gasteiger partial charge < -0.3 is 5.11 Å². The second kappa shape index (κ2) is 2.99. The van der Waals surface area contributed by atoms with E-state index in [0.29, 0.717) is 10.7 Å². The van der Waals surface area contributed by atoms with Crippen molar-refractivity contribution >= 4 is 28.5 Å². The molecule has 2 aromatic rings. The SMILES string of the molecule is Cn1nc2cc(C(=O)O)ccc2c1Cl. The van der Waals surface area contributed by atoms with Crippen LogP contribution < -0.4 is 0 Å². The van der Waals surface area contributed by atoms with Crippen LogP contribution in [0.5, 0.6) is 0 Å². The molecule has 1 aromatic carbocycles. The second-order valence-electron chi connectivity index (χ2n) is 2.95. The fraction of sp³-hybridized carbons (Fsp3) is 0.111. The molecule has 0 atom stereocenters. The summed E-state index contributed by atoms with van der Waals surface area (Å²) in [6.45, 7) is 0. The first-order chi connectivity index (χ1) is 6.59. The van der Waals surface area contributed by atoms with Crippen molar-refractivity contribution in [2.45, 2.75) is 0 Å². The maximum Gasteiger partial charge on any atom is 0.335 e. The molecule has 0 amide bonds. The molecular weight excluding hydrogens is 204 g/mol. The van der Waals surface area contributed by atoms with E-state index in [2.05, 4.69) is 5.10 Å². The van der Waals surface area contributed by atoms with E-state index < -0.39 is 5.97 Å². The maximum atomic E-state index is 10.7. The largest absolute Gasteiger partial charge is 0.478 e. The first-order valence-corrected chi connectivity index (χ1v) is 4.33. The fourth-order valence-corrected chi connectivity index (χ4v) is 1.50. The monoisotopic (exact) mass is 210 g/mol. The van der Waals surface area contributed by atoms with Gasteiger partial charge in [-0.1, -0.05) is 11.6 Å². The van der Waals surface area contributed by atoms with Crippen molar-refractivity contribution in [1.29, 1.82) is 0 Å². The minimum atomic E-state index is -0.964. The predicted molar refractivity (Wildman–Crippen MR) is 52.7 cm³/mol. The van der Waals surface area contributed by atoms with Crippen molar-refractivity contribution in [3.8, 4) is 0 Å². The van der Waals surface area contributed by atoms with E-state index in [1.807, 2.05) is 0 Å². The Morgan fingerprint density at radius 1 is 1.57 bits per heavy atom. The van der Waals surface area contributed by atoms with Gasteiger partial charge in [0.25, 0.3) is 0 Å². The van der Waals surface area contributed by atoms with Crippen molar-refractivity contribution < 1.29 is 9.90 Å². The fourth-order valence-electron chi connectivity index (χ4n) is 1.30. The number of carbonyl (C=O) groups is 1. The Morgan fingerprint density at radius 3 is 2.93 bits per heavy atom. The summed E-state index contributed by atoms with van der Waals surface area (Å²) in [5.74, 6) is -0.964. The molecule has 0 bridgehead atoms. The van der Waals surface area contributed by atoms with Crippen LogP contribution in [0, 0.1) is 0 Å². The number of benzene rings is 1. The number of carboxylic acid groups (broad SMARTS) is 1. The van der Waals surface area contributed by atoms with Crippen molar-refractivity contribution in [3.05, 3.63) is 28.9 Å². The number of aromatic carboxylic acids is 1. The average Bonchev–Trinajstić information content (AvgIpc) is 2.42. The van der Waals surface area contributed by atoms with Gasteiger partial charge in [-0.2, -0.15) is 5.10 Å². The molecule has 1 N–H and O–H groups in total. The molecule has 0 saturated heterocycles. The standard InChI is InChI=1S/C9H7ClN2O2/c1-12-8(10)6-3-2-5(9(13)14)4-7(6)11-12/h2-4H,1H3,(H,13,14). The summed E-state index contributed by atoms with van der Waals surface area (Å²) in [7, 11) is 1.71. The molecule has 0 unspecified atom stereocenters. The Balaban J connectivity index is 2.73. The molecule has 0 aliphatic carbocycles. The summed E-state index contributed by atoms with van der Waals surface area (Å²) in [4.78, 5) is 10.7. The third-order valence-electron chi connectivity index (χ3n) is 2.01. The zero-order chi connectivity index (χ0) is 10.3. The Morgan fingerprint density at radius 2 is 2.29 bits per heavy atom. The molecule has 0 saturated carbocycles. The highest BCUT2D eigenvalue weighted by Crippen LogP contribution is 2.23. The van der Waals surface area contributed by atoms with Gasteiger partial charge in [0.05, 0.1) is 11.1 Å². The van der Waals surface area contributed by atoms with Crippen LogP contribution in [-0.4, -0.2) is 20.9 Å². The van der Waals surface area contributed by atoms with Gasteiger partial charge in [0, 0.05) is 12.4 Å². The first-order valence-electron chi connectivity index (χ1n) is 3.95. The van der Waals surface area contributed by atoms with Gasteiger partial charge in [-0.3, -0.25) is 4.68 Å². The lowest BCUT2D eigenvalue weighted by Crippen LogP contribution is -1.94.